The number of benzene rings is 1. The normalized spacial score (nSPS) is 14.8. The molecule has 0 saturated carbocycles. The van der Waals surface area contributed by atoms with E-state index in [1.807, 2.05) is 24.3 Å². The first-order valence-electron chi connectivity index (χ1n) is 6.05. The number of hydrogen-bond acceptors (Lipinski definition) is 5. The Kier molecular flexibility index (Phi) is 2.86. The highest BCUT2D eigenvalue weighted by molar-refractivity contribution is 5.82. The van der Waals surface area contributed by atoms with E-state index in [-0.39, 0.29) is 5.91 Å². The van der Waals surface area contributed by atoms with Gasteiger partial charge in [0, 0.05) is 19.3 Å². The fraction of sp³-hybridized carbons (Fsp3) is 0.333. The summed E-state index contributed by atoms with van der Waals surface area (Å²) in [7, 11) is 1.77. The average molecular weight is 258 g/mol. The molecule has 0 fully saturated rings. The second-order valence-corrected chi connectivity index (χ2v) is 4.48. The highest BCUT2D eigenvalue weighted by atomic mass is 16.2. The van der Waals surface area contributed by atoms with Crippen LogP contribution in [0.5, 0.6) is 0 Å². The van der Waals surface area contributed by atoms with Crippen LogP contribution in [-0.4, -0.2) is 37.6 Å². The molecular weight excluding hydrogens is 244 g/mol. The zero-order chi connectivity index (χ0) is 13.2. The summed E-state index contributed by atoms with van der Waals surface area (Å²) in [6.45, 7) is 1.27. The lowest BCUT2D eigenvalue weighted by atomic mass is 10.2. The quantitative estimate of drug-likeness (QED) is 0.830. The molecule has 1 aromatic carbocycles. The third kappa shape index (κ3) is 2.26. The summed E-state index contributed by atoms with van der Waals surface area (Å²) in [6, 6.07) is 7.93. The van der Waals surface area contributed by atoms with Crippen LogP contribution in [0.1, 0.15) is 11.4 Å². The largest absolute Gasteiger partial charge is 0.376 e. The van der Waals surface area contributed by atoms with Crippen LogP contribution < -0.4 is 5.32 Å². The molecule has 0 unspecified atom stereocenters. The Balaban J connectivity index is 1.85. The van der Waals surface area contributed by atoms with Gasteiger partial charge in [0.05, 0.1) is 13.1 Å². The summed E-state index contributed by atoms with van der Waals surface area (Å²) in [6.07, 6.45) is 0. The lowest BCUT2D eigenvalue weighted by molar-refractivity contribution is -0.130. The number of carbonyl (C=O) groups excluding carboxylic acids is 1. The van der Waals surface area contributed by atoms with Crippen molar-refractivity contribution in [3.8, 4) is 0 Å². The number of aryl methyl sites for hydroxylation is 1. The van der Waals surface area contributed by atoms with Gasteiger partial charge in [0.2, 0.25) is 5.91 Å². The van der Waals surface area contributed by atoms with Gasteiger partial charge in [0.1, 0.15) is 0 Å². The van der Waals surface area contributed by atoms with Crippen molar-refractivity contribution in [1.82, 2.24) is 25.1 Å². The van der Waals surface area contributed by atoms with Gasteiger partial charge in [-0.15, -0.1) is 5.10 Å². The molecule has 7 nitrogen and oxygen atoms in total. The smallest absolute Gasteiger partial charge is 0.242 e. The van der Waals surface area contributed by atoms with E-state index in [1.54, 1.807) is 16.6 Å². The molecule has 0 aliphatic carbocycles. The standard InChI is InChI=1S/C12H14N6O/c1-17-11(14-15-16-17)8-18-7-9-4-2-3-5-10(9)13-6-12(18)19/h2-5,13H,6-8H2,1H3. The maximum Gasteiger partial charge on any atom is 0.242 e. The highest BCUT2D eigenvalue weighted by Gasteiger charge is 2.21. The monoisotopic (exact) mass is 258 g/mol. The van der Waals surface area contributed by atoms with Crippen LogP contribution in [0.15, 0.2) is 24.3 Å². The number of hydrogen-bond donors (Lipinski definition) is 1. The van der Waals surface area contributed by atoms with Gasteiger partial charge in [-0.1, -0.05) is 18.2 Å². The minimum atomic E-state index is 0.0409. The van der Waals surface area contributed by atoms with E-state index in [9.17, 15) is 4.79 Å². The van der Waals surface area contributed by atoms with Gasteiger partial charge in [-0.2, -0.15) is 0 Å². The summed E-state index contributed by atoms with van der Waals surface area (Å²) in [4.78, 5) is 13.9. The van der Waals surface area contributed by atoms with E-state index in [0.29, 0.717) is 25.5 Å². The van der Waals surface area contributed by atoms with Gasteiger partial charge in [-0.05, 0) is 22.1 Å². The Bertz CT molecular complexity index is 608. The van der Waals surface area contributed by atoms with Crippen molar-refractivity contribution in [2.75, 3.05) is 11.9 Å². The van der Waals surface area contributed by atoms with Crippen LogP contribution in [0.25, 0.3) is 0 Å². The lowest BCUT2D eigenvalue weighted by Gasteiger charge is -2.19. The van der Waals surface area contributed by atoms with Gasteiger partial charge in [-0.3, -0.25) is 4.79 Å². The van der Waals surface area contributed by atoms with Gasteiger partial charge >= 0.3 is 0 Å². The zero-order valence-corrected chi connectivity index (χ0v) is 10.6. The molecule has 1 aliphatic heterocycles. The number of tetrazole rings is 1. The second-order valence-electron chi connectivity index (χ2n) is 4.48. The van der Waals surface area contributed by atoms with E-state index in [1.165, 1.54) is 0 Å². The lowest BCUT2D eigenvalue weighted by Crippen LogP contribution is -2.33. The van der Waals surface area contributed by atoms with Crippen LogP contribution in [-0.2, 0) is 24.9 Å². The van der Waals surface area contributed by atoms with Crippen LogP contribution in [0.2, 0.25) is 0 Å². The Morgan fingerprint density at radius 2 is 2.21 bits per heavy atom. The first-order chi connectivity index (χ1) is 9.24. The van der Waals surface area contributed by atoms with E-state index in [4.69, 9.17) is 0 Å². The predicted molar refractivity (Wildman–Crippen MR) is 68.0 cm³/mol. The summed E-state index contributed by atoms with van der Waals surface area (Å²) < 4.78 is 1.58. The van der Waals surface area contributed by atoms with Crippen molar-refractivity contribution in [1.29, 1.82) is 0 Å². The van der Waals surface area contributed by atoms with Crippen molar-refractivity contribution < 1.29 is 4.79 Å². The number of nitrogens with one attached hydrogen (secondary N) is 1. The Morgan fingerprint density at radius 1 is 1.37 bits per heavy atom. The number of rotatable bonds is 2. The number of nitrogens with zero attached hydrogens (tertiary/aromatic N) is 5. The van der Waals surface area contributed by atoms with Crippen LogP contribution >= 0.6 is 0 Å². The number of amides is 1. The molecule has 1 amide bonds. The van der Waals surface area contributed by atoms with Crippen molar-refractivity contribution >= 4 is 11.6 Å². The van der Waals surface area contributed by atoms with Crippen molar-refractivity contribution in [3.05, 3.63) is 35.7 Å². The summed E-state index contributed by atoms with van der Waals surface area (Å²) in [5.74, 6) is 0.715. The third-order valence-corrected chi connectivity index (χ3v) is 3.20. The molecule has 1 N–H and O–H groups in total. The molecule has 1 aliphatic rings. The minimum absolute atomic E-state index is 0.0409. The molecule has 0 radical (unpaired) electrons. The van der Waals surface area contributed by atoms with E-state index >= 15 is 0 Å². The molecule has 0 spiro atoms. The summed E-state index contributed by atoms with van der Waals surface area (Å²) in [5, 5.41) is 14.4. The van der Waals surface area contributed by atoms with Crippen LogP contribution in [0.4, 0.5) is 5.69 Å². The molecule has 0 saturated heterocycles. The fourth-order valence-electron chi connectivity index (χ4n) is 2.10. The van der Waals surface area contributed by atoms with Crippen molar-refractivity contribution in [2.45, 2.75) is 13.1 Å². The van der Waals surface area contributed by atoms with Crippen molar-refractivity contribution in [2.24, 2.45) is 7.05 Å². The molecule has 98 valence electrons. The maximum atomic E-state index is 12.1. The van der Waals surface area contributed by atoms with E-state index in [2.05, 4.69) is 20.8 Å². The number of anilines is 1. The summed E-state index contributed by atoms with van der Waals surface area (Å²) in [5.41, 5.74) is 2.11. The van der Waals surface area contributed by atoms with Gasteiger partial charge in [0.25, 0.3) is 0 Å². The minimum Gasteiger partial charge on any atom is -0.376 e. The number of fused-ring (bicyclic) bond motifs is 1. The van der Waals surface area contributed by atoms with Crippen LogP contribution in [0.3, 0.4) is 0 Å². The number of carbonyl (C=O) groups is 1. The van der Waals surface area contributed by atoms with Crippen molar-refractivity contribution in [3.63, 3.8) is 0 Å². The van der Waals surface area contributed by atoms with Gasteiger partial charge in [0.15, 0.2) is 5.82 Å². The molecule has 1 aromatic heterocycles. The molecule has 7 heteroatoms. The molecule has 19 heavy (non-hydrogen) atoms. The SMILES string of the molecule is Cn1nnnc1CN1Cc2ccccc2NCC1=O. The van der Waals surface area contributed by atoms with Crippen LogP contribution in [0, 0.1) is 0 Å². The second kappa shape index (κ2) is 4.68. The molecule has 2 heterocycles. The van der Waals surface area contributed by atoms with E-state index < -0.39 is 0 Å². The third-order valence-electron chi connectivity index (χ3n) is 3.20. The first kappa shape index (κ1) is 11.6. The summed E-state index contributed by atoms with van der Waals surface area (Å²) >= 11 is 0. The Morgan fingerprint density at radius 3 is 3.00 bits per heavy atom. The fourth-order valence-corrected chi connectivity index (χ4v) is 2.10. The predicted octanol–water partition coefficient (Wildman–Crippen LogP) is 0.164. The topological polar surface area (TPSA) is 75.9 Å². The molecule has 0 bridgehead atoms. The average Bonchev–Trinajstić information content (AvgIpc) is 2.74. The Hall–Kier alpha value is -2.44. The molecule has 0 atom stereocenters. The van der Waals surface area contributed by atoms with E-state index in [0.717, 1.165) is 11.3 Å². The maximum absolute atomic E-state index is 12.1. The highest BCUT2D eigenvalue weighted by Crippen LogP contribution is 2.20. The number of aromatic nitrogens is 4. The number of para-hydroxylation sites is 1. The molecule has 3 rings (SSSR count). The molecule has 2 aromatic rings. The first-order valence-corrected chi connectivity index (χ1v) is 6.05. The molecular formula is C12H14N6O. The van der Waals surface area contributed by atoms with Gasteiger partial charge in [-0.25, -0.2) is 4.68 Å². The van der Waals surface area contributed by atoms with Gasteiger partial charge < -0.3 is 10.2 Å². The Labute approximate surface area is 110 Å². The zero-order valence-electron chi connectivity index (χ0n) is 10.6.